The molecule has 3 atom stereocenters. The number of nitrogens with one attached hydrogen (secondary N) is 1. The fourth-order valence-electron chi connectivity index (χ4n) is 2.94. The van der Waals surface area contributed by atoms with E-state index in [0.717, 1.165) is 18.8 Å². The maximum absolute atomic E-state index is 12.4. The smallest absolute Gasteiger partial charge is 0.241 e. The maximum atomic E-state index is 12.4. The van der Waals surface area contributed by atoms with Crippen LogP contribution in [0.15, 0.2) is 0 Å². The van der Waals surface area contributed by atoms with Crippen LogP contribution in [0.2, 0.25) is 0 Å². The highest BCUT2D eigenvalue weighted by atomic mass is 16.2. The molecule has 0 aromatic rings. The Kier molecular flexibility index (Phi) is 3.76. The Balaban J connectivity index is 2.11. The molecule has 1 aliphatic heterocycles. The standard InChI is InChI=1S/C14H26N2O/c1-5-6-12-14(17)16(10(4)11-7-8-11)13(15-12)9(2)3/h9-13,15H,5-8H2,1-4H3. The number of amides is 1. The molecule has 2 rings (SSSR count). The molecule has 1 N–H and O–H groups in total. The third kappa shape index (κ3) is 2.49. The van der Waals surface area contributed by atoms with Crippen LogP contribution < -0.4 is 5.32 Å². The third-order valence-corrected chi connectivity index (χ3v) is 4.18. The minimum absolute atomic E-state index is 0.0635. The van der Waals surface area contributed by atoms with E-state index < -0.39 is 0 Å². The van der Waals surface area contributed by atoms with E-state index >= 15 is 0 Å². The summed E-state index contributed by atoms with van der Waals surface area (Å²) in [5.74, 6) is 1.58. The van der Waals surface area contributed by atoms with Gasteiger partial charge in [0.15, 0.2) is 0 Å². The number of carbonyl (C=O) groups excluding carboxylic acids is 1. The number of nitrogens with zero attached hydrogens (tertiary/aromatic N) is 1. The molecule has 3 nitrogen and oxygen atoms in total. The summed E-state index contributed by atoms with van der Waals surface area (Å²) < 4.78 is 0. The topological polar surface area (TPSA) is 32.3 Å². The average Bonchev–Trinajstić information content (AvgIpc) is 3.05. The first-order valence-electron chi connectivity index (χ1n) is 7.14. The zero-order valence-corrected chi connectivity index (χ0v) is 11.6. The van der Waals surface area contributed by atoms with Crippen molar-refractivity contribution >= 4 is 5.91 Å². The van der Waals surface area contributed by atoms with E-state index in [4.69, 9.17) is 0 Å². The summed E-state index contributed by atoms with van der Waals surface area (Å²) in [5, 5.41) is 3.53. The maximum Gasteiger partial charge on any atom is 0.241 e. The molecule has 2 fully saturated rings. The largest absolute Gasteiger partial charge is 0.323 e. The van der Waals surface area contributed by atoms with Gasteiger partial charge in [-0.05, 0) is 38.0 Å². The summed E-state index contributed by atoms with van der Waals surface area (Å²) in [4.78, 5) is 14.6. The number of hydrogen-bond donors (Lipinski definition) is 1. The van der Waals surface area contributed by atoms with Crippen LogP contribution in [0.3, 0.4) is 0 Å². The van der Waals surface area contributed by atoms with Crippen molar-refractivity contribution in [1.29, 1.82) is 0 Å². The molecule has 1 aliphatic carbocycles. The van der Waals surface area contributed by atoms with E-state index in [2.05, 4.69) is 37.9 Å². The van der Waals surface area contributed by atoms with Crippen LogP contribution in [-0.2, 0) is 4.79 Å². The van der Waals surface area contributed by atoms with Gasteiger partial charge < -0.3 is 4.90 Å². The van der Waals surface area contributed by atoms with Crippen LogP contribution in [-0.4, -0.2) is 29.1 Å². The van der Waals surface area contributed by atoms with Gasteiger partial charge in [0.2, 0.25) is 5.91 Å². The van der Waals surface area contributed by atoms with Gasteiger partial charge in [-0.3, -0.25) is 10.1 Å². The molecule has 17 heavy (non-hydrogen) atoms. The minimum atomic E-state index is 0.0635. The summed E-state index contributed by atoms with van der Waals surface area (Å²) in [7, 11) is 0. The molecule has 1 heterocycles. The molecule has 98 valence electrons. The fourth-order valence-corrected chi connectivity index (χ4v) is 2.94. The second kappa shape index (κ2) is 4.97. The highest BCUT2D eigenvalue weighted by Crippen LogP contribution is 2.38. The van der Waals surface area contributed by atoms with Crippen molar-refractivity contribution in [2.45, 2.75) is 71.6 Å². The van der Waals surface area contributed by atoms with Crippen LogP contribution in [0.25, 0.3) is 0 Å². The number of carbonyl (C=O) groups is 1. The molecule has 0 spiro atoms. The van der Waals surface area contributed by atoms with Crippen molar-refractivity contribution in [2.24, 2.45) is 11.8 Å². The van der Waals surface area contributed by atoms with E-state index in [-0.39, 0.29) is 12.2 Å². The van der Waals surface area contributed by atoms with E-state index in [1.165, 1.54) is 12.8 Å². The Morgan fingerprint density at radius 2 is 2.00 bits per heavy atom. The molecule has 1 saturated heterocycles. The van der Waals surface area contributed by atoms with Gasteiger partial charge in [0.1, 0.15) is 0 Å². The molecular weight excluding hydrogens is 212 g/mol. The van der Waals surface area contributed by atoms with Gasteiger partial charge in [0.05, 0.1) is 12.2 Å². The number of hydrogen-bond acceptors (Lipinski definition) is 2. The highest BCUT2D eigenvalue weighted by molar-refractivity contribution is 5.84. The van der Waals surface area contributed by atoms with Crippen molar-refractivity contribution in [2.75, 3.05) is 0 Å². The van der Waals surface area contributed by atoms with E-state index in [0.29, 0.717) is 17.9 Å². The summed E-state index contributed by atoms with van der Waals surface area (Å²) in [5.41, 5.74) is 0. The van der Waals surface area contributed by atoms with Crippen molar-refractivity contribution in [3.8, 4) is 0 Å². The molecular formula is C14H26N2O. The molecule has 1 saturated carbocycles. The fraction of sp³-hybridized carbons (Fsp3) is 0.929. The van der Waals surface area contributed by atoms with Crippen LogP contribution in [0.5, 0.6) is 0 Å². The van der Waals surface area contributed by atoms with E-state index in [1.54, 1.807) is 0 Å². The lowest BCUT2D eigenvalue weighted by Crippen LogP contribution is -2.47. The summed E-state index contributed by atoms with van der Waals surface area (Å²) in [6.07, 6.45) is 4.88. The molecule has 0 bridgehead atoms. The highest BCUT2D eigenvalue weighted by Gasteiger charge is 2.45. The molecule has 0 aromatic carbocycles. The van der Waals surface area contributed by atoms with Gasteiger partial charge in [0, 0.05) is 6.04 Å². The van der Waals surface area contributed by atoms with Gasteiger partial charge in [-0.2, -0.15) is 0 Å². The second-order valence-electron chi connectivity index (χ2n) is 6.02. The molecule has 3 unspecified atom stereocenters. The monoisotopic (exact) mass is 238 g/mol. The molecule has 2 aliphatic rings. The van der Waals surface area contributed by atoms with Crippen molar-refractivity contribution < 1.29 is 4.79 Å². The minimum Gasteiger partial charge on any atom is -0.323 e. The molecule has 0 aromatic heterocycles. The summed E-state index contributed by atoms with van der Waals surface area (Å²) in [6.45, 7) is 8.77. The third-order valence-electron chi connectivity index (χ3n) is 4.18. The van der Waals surface area contributed by atoms with Crippen LogP contribution in [0.1, 0.15) is 53.4 Å². The zero-order valence-electron chi connectivity index (χ0n) is 11.6. The van der Waals surface area contributed by atoms with Gasteiger partial charge in [-0.15, -0.1) is 0 Å². The quantitative estimate of drug-likeness (QED) is 0.797. The lowest BCUT2D eigenvalue weighted by Gasteiger charge is -2.32. The van der Waals surface area contributed by atoms with Crippen molar-refractivity contribution in [1.82, 2.24) is 10.2 Å². The van der Waals surface area contributed by atoms with Gasteiger partial charge in [-0.1, -0.05) is 27.2 Å². The first-order valence-corrected chi connectivity index (χ1v) is 7.14. The van der Waals surface area contributed by atoms with Gasteiger partial charge in [-0.25, -0.2) is 0 Å². The Morgan fingerprint density at radius 3 is 2.47 bits per heavy atom. The normalized spacial score (nSPS) is 31.4. The van der Waals surface area contributed by atoms with Crippen LogP contribution in [0, 0.1) is 11.8 Å². The van der Waals surface area contributed by atoms with Crippen LogP contribution in [0.4, 0.5) is 0 Å². The van der Waals surface area contributed by atoms with E-state index in [1.807, 2.05) is 0 Å². The second-order valence-corrected chi connectivity index (χ2v) is 6.02. The Bertz CT molecular complexity index is 286. The van der Waals surface area contributed by atoms with Gasteiger partial charge in [0.25, 0.3) is 0 Å². The average molecular weight is 238 g/mol. The van der Waals surface area contributed by atoms with Gasteiger partial charge >= 0.3 is 0 Å². The van der Waals surface area contributed by atoms with Crippen molar-refractivity contribution in [3.63, 3.8) is 0 Å². The van der Waals surface area contributed by atoms with Crippen molar-refractivity contribution in [3.05, 3.63) is 0 Å². The predicted molar refractivity (Wildman–Crippen MR) is 69.5 cm³/mol. The Hall–Kier alpha value is -0.570. The molecule has 0 radical (unpaired) electrons. The zero-order chi connectivity index (χ0) is 12.6. The lowest BCUT2D eigenvalue weighted by atomic mass is 10.1. The van der Waals surface area contributed by atoms with E-state index in [9.17, 15) is 4.79 Å². The molecule has 3 heteroatoms. The first kappa shape index (κ1) is 12.9. The SMILES string of the molecule is CCCC1NC(C(C)C)N(C(C)C2CC2)C1=O. The Labute approximate surface area is 105 Å². The summed E-state index contributed by atoms with van der Waals surface area (Å²) in [6, 6.07) is 0.484. The molecule has 1 amide bonds. The lowest BCUT2D eigenvalue weighted by molar-refractivity contribution is -0.133. The number of rotatable bonds is 5. The summed E-state index contributed by atoms with van der Waals surface area (Å²) >= 11 is 0. The predicted octanol–water partition coefficient (Wildman–Crippen LogP) is 2.37. The Morgan fingerprint density at radius 1 is 1.35 bits per heavy atom. The first-order chi connectivity index (χ1) is 8.06. The van der Waals surface area contributed by atoms with Crippen LogP contribution >= 0.6 is 0 Å².